The van der Waals surface area contributed by atoms with Gasteiger partial charge in [0.15, 0.2) is 0 Å². The van der Waals surface area contributed by atoms with E-state index in [1.54, 1.807) is 36.3 Å². The van der Waals surface area contributed by atoms with Gasteiger partial charge in [0.05, 0.1) is 11.7 Å². The highest BCUT2D eigenvalue weighted by molar-refractivity contribution is 7.11. The molecule has 5 rings (SSSR count). The molecule has 0 aliphatic heterocycles. The van der Waals surface area contributed by atoms with Crippen molar-refractivity contribution < 1.29 is 5.11 Å². The molecule has 2 aromatic heterocycles. The maximum Gasteiger partial charge on any atom is 0.124 e. The van der Waals surface area contributed by atoms with Crippen LogP contribution >= 0.6 is 11.3 Å². The number of benzene rings is 1. The Labute approximate surface area is 182 Å². The summed E-state index contributed by atoms with van der Waals surface area (Å²) in [7, 11) is 1.98. The second-order valence-electron chi connectivity index (χ2n) is 9.06. The number of hydrogen-bond acceptors (Lipinski definition) is 5. The van der Waals surface area contributed by atoms with E-state index in [0.29, 0.717) is 0 Å². The molecule has 2 N–H and O–H groups in total. The molecule has 2 heterocycles. The van der Waals surface area contributed by atoms with Crippen molar-refractivity contribution in [2.75, 3.05) is 7.05 Å². The number of aliphatic hydroxyl groups is 1. The Morgan fingerprint density at radius 1 is 1.03 bits per heavy atom. The Kier molecular flexibility index (Phi) is 5.00. The van der Waals surface area contributed by atoms with Gasteiger partial charge in [-0.15, -0.1) is 11.3 Å². The standard InChI is InChI=1S/C25H29N3OS/c1-25(2,29)24-28-14-21(30-24)23(26-3)17-10-11-27-20(13-17)22-18-8-4-6-15(18)12-16-7-5-9-19(16)22/h10-14,23,26,29H,4-9H2,1-3H3. The molecule has 0 spiro atoms. The summed E-state index contributed by atoms with van der Waals surface area (Å²) in [5, 5.41) is 14.5. The van der Waals surface area contributed by atoms with Crippen molar-refractivity contribution in [3.05, 3.63) is 68.3 Å². The maximum atomic E-state index is 10.3. The van der Waals surface area contributed by atoms with Gasteiger partial charge >= 0.3 is 0 Å². The Morgan fingerprint density at radius 3 is 2.33 bits per heavy atom. The Morgan fingerprint density at radius 2 is 1.73 bits per heavy atom. The van der Waals surface area contributed by atoms with E-state index in [0.717, 1.165) is 15.6 Å². The predicted molar refractivity (Wildman–Crippen MR) is 122 cm³/mol. The van der Waals surface area contributed by atoms with Gasteiger partial charge in [0.1, 0.15) is 10.6 Å². The van der Waals surface area contributed by atoms with E-state index >= 15 is 0 Å². The summed E-state index contributed by atoms with van der Waals surface area (Å²) in [6, 6.07) is 6.86. The van der Waals surface area contributed by atoms with Crippen LogP contribution in [0.5, 0.6) is 0 Å². The number of rotatable bonds is 5. The molecule has 0 bridgehead atoms. The lowest BCUT2D eigenvalue weighted by Crippen LogP contribution is -2.17. The van der Waals surface area contributed by atoms with E-state index in [-0.39, 0.29) is 6.04 Å². The Balaban J connectivity index is 1.58. The first-order chi connectivity index (χ1) is 14.5. The summed E-state index contributed by atoms with van der Waals surface area (Å²) in [6.45, 7) is 3.57. The van der Waals surface area contributed by atoms with Crippen LogP contribution in [0.15, 0.2) is 30.6 Å². The molecule has 2 aliphatic carbocycles. The zero-order valence-corrected chi connectivity index (χ0v) is 18.8. The number of aryl methyl sites for hydroxylation is 2. The van der Waals surface area contributed by atoms with Crippen LogP contribution in [-0.4, -0.2) is 22.1 Å². The number of hydrogen-bond donors (Lipinski definition) is 2. The molecule has 0 radical (unpaired) electrons. The van der Waals surface area contributed by atoms with Crippen molar-refractivity contribution in [3.63, 3.8) is 0 Å². The average Bonchev–Trinajstić information content (AvgIpc) is 3.46. The van der Waals surface area contributed by atoms with E-state index in [9.17, 15) is 5.11 Å². The summed E-state index contributed by atoms with van der Waals surface area (Å²) in [4.78, 5) is 10.4. The van der Waals surface area contributed by atoms with E-state index < -0.39 is 5.60 Å². The molecule has 30 heavy (non-hydrogen) atoms. The third kappa shape index (κ3) is 3.39. The molecule has 156 valence electrons. The number of aromatic nitrogens is 2. The number of nitrogens with zero attached hydrogens (tertiary/aromatic N) is 2. The van der Waals surface area contributed by atoms with E-state index in [1.165, 1.54) is 60.8 Å². The second kappa shape index (κ2) is 7.56. The molecule has 4 nitrogen and oxygen atoms in total. The van der Waals surface area contributed by atoms with Gasteiger partial charge < -0.3 is 10.4 Å². The minimum absolute atomic E-state index is 0.0326. The fourth-order valence-corrected chi connectivity index (χ4v) is 6.12. The lowest BCUT2D eigenvalue weighted by Gasteiger charge is -2.18. The molecule has 1 unspecified atom stereocenters. The van der Waals surface area contributed by atoms with E-state index in [1.807, 2.05) is 19.4 Å². The Hall–Kier alpha value is -2.08. The molecular formula is C25H29N3OS. The molecule has 0 amide bonds. The minimum atomic E-state index is -0.921. The van der Waals surface area contributed by atoms with Crippen molar-refractivity contribution >= 4 is 11.3 Å². The summed E-state index contributed by atoms with van der Waals surface area (Å²) in [5.74, 6) is 0. The van der Waals surface area contributed by atoms with Gasteiger partial charge in [0, 0.05) is 22.8 Å². The van der Waals surface area contributed by atoms with Gasteiger partial charge in [-0.1, -0.05) is 6.07 Å². The van der Waals surface area contributed by atoms with E-state index in [2.05, 4.69) is 28.5 Å². The van der Waals surface area contributed by atoms with Crippen LogP contribution in [0.3, 0.4) is 0 Å². The Bertz CT molecular complexity index is 1060. The third-order valence-corrected chi connectivity index (χ3v) is 7.84. The number of thiazole rings is 1. The van der Waals surface area contributed by atoms with Crippen LogP contribution in [0.1, 0.15) is 70.4 Å². The van der Waals surface area contributed by atoms with Crippen LogP contribution in [0.2, 0.25) is 0 Å². The van der Waals surface area contributed by atoms with Gasteiger partial charge in [-0.25, -0.2) is 4.98 Å². The topological polar surface area (TPSA) is 58.0 Å². The normalized spacial score (nSPS) is 16.5. The van der Waals surface area contributed by atoms with Gasteiger partial charge in [-0.05, 0) is 99.4 Å². The molecule has 5 heteroatoms. The van der Waals surface area contributed by atoms with Crippen molar-refractivity contribution in [2.45, 2.75) is 64.0 Å². The largest absolute Gasteiger partial charge is 0.383 e. The van der Waals surface area contributed by atoms with Crippen molar-refractivity contribution in [1.82, 2.24) is 15.3 Å². The number of pyridine rings is 1. The first-order valence-electron chi connectivity index (χ1n) is 10.9. The fraction of sp³-hybridized carbons (Fsp3) is 0.440. The summed E-state index contributed by atoms with van der Waals surface area (Å²) in [6.07, 6.45) is 11.1. The second-order valence-corrected chi connectivity index (χ2v) is 10.1. The first kappa shape index (κ1) is 19.9. The molecule has 1 atom stereocenters. The monoisotopic (exact) mass is 419 g/mol. The highest BCUT2D eigenvalue weighted by Gasteiger charge is 2.27. The zero-order valence-electron chi connectivity index (χ0n) is 18.0. The lowest BCUT2D eigenvalue weighted by molar-refractivity contribution is 0.0783. The van der Waals surface area contributed by atoms with Gasteiger partial charge in [0.25, 0.3) is 0 Å². The summed E-state index contributed by atoms with van der Waals surface area (Å²) < 4.78 is 0. The molecule has 1 aromatic carbocycles. The molecular weight excluding hydrogens is 390 g/mol. The third-order valence-electron chi connectivity index (χ3n) is 6.47. The van der Waals surface area contributed by atoms with Gasteiger partial charge in [-0.3, -0.25) is 4.98 Å². The molecule has 0 saturated carbocycles. The quantitative estimate of drug-likeness (QED) is 0.628. The summed E-state index contributed by atoms with van der Waals surface area (Å²) in [5.41, 5.74) is 8.94. The average molecular weight is 420 g/mol. The van der Waals surface area contributed by atoms with Crippen LogP contribution in [0.25, 0.3) is 11.3 Å². The zero-order chi connectivity index (χ0) is 20.9. The SMILES string of the molecule is CNC(c1ccnc(-c2c3c(cc4c2CCC4)CCC3)c1)c1cnc(C(C)(C)O)s1. The number of nitrogens with one attached hydrogen (secondary N) is 1. The lowest BCUT2D eigenvalue weighted by atomic mass is 9.91. The molecule has 2 aliphatic rings. The highest BCUT2D eigenvalue weighted by Crippen LogP contribution is 2.41. The fourth-order valence-electron chi connectivity index (χ4n) is 5.06. The van der Waals surface area contributed by atoms with Crippen LogP contribution in [0.4, 0.5) is 0 Å². The first-order valence-corrected chi connectivity index (χ1v) is 11.8. The molecule has 0 fully saturated rings. The minimum Gasteiger partial charge on any atom is -0.383 e. The molecule has 3 aromatic rings. The van der Waals surface area contributed by atoms with Crippen LogP contribution in [0, 0.1) is 0 Å². The maximum absolute atomic E-state index is 10.3. The van der Waals surface area contributed by atoms with Crippen molar-refractivity contribution in [1.29, 1.82) is 0 Å². The van der Waals surface area contributed by atoms with Crippen molar-refractivity contribution in [2.24, 2.45) is 0 Å². The molecule has 0 saturated heterocycles. The van der Waals surface area contributed by atoms with Crippen molar-refractivity contribution in [3.8, 4) is 11.3 Å². The summed E-state index contributed by atoms with van der Waals surface area (Å²) >= 11 is 1.57. The smallest absolute Gasteiger partial charge is 0.124 e. The van der Waals surface area contributed by atoms with E-state index in [4.69, 9.17) is 4.98 Å². The highest BCUT2D eigenvalue weighted by atomic mass is 32.1. The van der Waals surface area contributed by atoms with Gasteiger partial charge in [0.2, 0.25) is 0 Å². The number of fused-ring (bicyclic) bond motifs is 2. The van der Waals surface area contributed by atoms with Gasteiger partial charge in [-0.2, -0.15) is 0 Å². The van der Waals surface area contributed by atoms with Crippen LogP contribution in [-0.2, 0) is 31.3 Å². The predicted octanol–water partition coefficient (Wildman–Crippen LogP) is 4.72. The van der Waals surface area contributed by atoms with Crippen LogP contribution < -0.4 is 5.32 Å².